The molecule has 0 bridgehead atoms. The molecule has 2 aromatic heterocycles. The second-order valence-electron chi connectivity index (χ2n) is 5.80. The van der Waals surface area contributed by atoms with Crippen molar-refractivity contribution in [1.82, 2.24) is 9.55 Å². The number of aryl methyl sites for hydroxylation is 1. The van der Waals surface area contributed by atoms with Gasteiger partial charge in [0.05, 0.1) is 10.6 Å². The number of nitrogens with zero attached hydrogens (tertiary/aromatic N) is 2. The number of nitrogens with one attached hydrogen (secondary N) is 1. The highest BCUT2D eigenvalue weighted by molar-refractivity contribution is 6.30. The van der Waals surface area contributed by atoms with Gasteiger partial charge in [0.2, 0.25) is 5.56 Å². The van der Waals surface area contributed by atoms with Crippen LogP contribution in [0.1, 0.15) is 21.5 Å². The first kappa shape index (κ1) is 17.8. The van der Waals surface area contributed by atoms with Crippen LogP contribution < -0.4 is 10.9 Å². The molecule has 132 valence electrons. The largest absolute Gasteiger partial charge is 0.318 e. The fraction of sp³-hybridized carbons (Fsp3) is 0.105. The Kier molecular flexibility index (Phi) is 5.14. The Morgan fingerprint density at radius 1 is 1.19 bits per heavy atom. The van der Waals surface area contributed by atoms with E-state index in [0.717, 1.165) is 11.1 Å². The van der Waals surface area contributed by atoms with Gasteiger partial charge in [0, 0.05) is 25.5 Å². The monoisotopic (exact) mass is 371 g/mol. The van der Waals surface area contributed by atoms with Crippen molar-refractivity contribution in [3.8, 4) is 0 Å². The summed E-state index contributed by atoms with van der Waals surface area (Å²) in [5.74, 6) is -0.416. The molecule has 26 heavy (non-hydrogen) atoms. The van der Waals surface area contributed by atoms with Gasteiger partial charge in [-0.25, -0.2) is 9.37 Å². The van der Waals surface area contributed by atoms with Crippen molar-refractivity contribution in [2.24, 2.45) is 7.05 Å². The molecule has 1 amide bonds. The number of aromatic nitrogens is 2. The SMILES string of the molecule is Cn1cc(C(=O)Nc2ccc(Cc3ccc(F)c(Cl)c3)cn2)ccc1=O. The van der Waals surface area contributed by atoms with E-state index in [9.17, 15) is 14.0 Å². The van der Waals surface area contributed by atoms with E-state index in [1.807, 2.05) is 6.07 Å². The lowest BCUT2D eigenvalue weighted by Crippen LogP contribution is -2.19. The Morgan fingerprint density at radius 2 is 1.96 bits per heavy atom. The molecule has 2 heterocycles. The number of pyridine rings is 2. The van der Waals surface area contributed by atoms with Crippen LogP contribution >= 0.6 is 11.6 Å². The molecule has 0 radical (unpaired) electrons. The predicted octanol–water partition coefficient (Wildman–Crippen LogP) is 3.42. The van der Waals surface area contributed by atoms with Crippen LogP contribution in [-0.2, 0) is 13.5 Å². The molecule has 0 aliphatic rings. The number of carbonyl (C=O) groups is 1. The molecule has 3 aromatic rings. The van der Waals surface area contributed by atoms with E-state index in [1.165, 1.54) is 29.0 Å². The molecule has 0 atom stereocenters. The second kappa shape index (κ2) is 7.49. The molecule has 5 nitrogen and oxygen atoms in total. The molecule has 1 N–H and O–H groups in total. The van der Waals surface area contributed by atoms with Gasteiger partial charge in [-0.3, -0.25) is 9.59 Å². The number of anilines is 1. The molecular formula is C19H15ClFN3O2. The molecule has 0 aliphatic carbocycles. The number of benzene rings is 1. The quantitative estimate of drug-likeness (QED) is 0.764. The Bertz CT molecular complexity index is 1020. The highest BCUT2D eigenvalue weighted by Gasteiger charge is 2.08. The summed E-state index contributed by atoms with van der Waals surface area (Å²) in [5, 5.41) is 2.76. The van der Waals surface area contributed by atoms with Crippen molar-refractivity contribution < 1.29 is 9.18 Å². The maximum absolute atomic E-state index is 13.2. The van der Waals surface area contributed by atoms with Gasteiger partial charge in [-0.1, -0.05) is 23.7 Å². The van der Waals surface area contributed by atoms with Crippen LogP contribution in [0.5, 0.6) is 0 Å². The predicted molar refractivity (Wildman–Crippen MR) is 98.1 cm³/mol. The van der Waals surface area contributed by atoms with Gasteiger partial charge in [-0.2, -0.15) is 0 Å². The van der Waals surface area contributed by atoms with Gasteiger partial charge in [0.15, 0.2) is 0 Å². The molecular weight excluding hydrogens is 357 g/mol. The van der Waals surface area contributed by atoms with E-state index < -0.39 is 5.82 Å². The van der Waals surface area contributed by atoms with Gasteiger partial charge < -0.3 is 9.88 Å². The van der Waals surface area contributed by atoms with Gasteiger partial charge in [-0.15, -0.1) is 0 Å². The van der Waals surface area contributed by atoms with Crippen molar-refractivity contribution in [3.63, 3.8) is 0 Å². The summed E-state index contributed by atoms with van der Waals surface area (Å²) in [6.07, 6.45) is 3.64. The van der Waals surface area contributed by atoms with Gasteiger partial charge in [0.1, 0.15) is 11.6 Å². The van der Waals surface area contributed by atoms with Crippen LogP contribution in [0.25, 0.3) is 0 Å². The fourth-order valence-electron chi connectivity index (χ4n) is 2.41. The molecule has 0 saturated carbocycles. The van der Waals surface area contributed by atoms with Crippen molar-refractivity contribution in [3.05, 3.63) is 92.7 Å². The average Bonchev–Trinajstić information content (AvgIpc) is 2.62. The van der Waals surface area contributed by atoms with Crippen LogP contribution in [0, 0.1) is 5.82 Å². The summed E-state index contributed by atoms with van der Waals surface area (Å²) in [6, 6.07) is 10.9. The van der Waals surface area contributed by atoms with Crippen LogP contribution in [0.2, 0.25) is 5.02 Å². The smallest absolute Gasteiger partial charge is 0.258 e. The highest BCUT2D eigenvalue weighted by Crippen LogP contribution is 2.18. The summed E-state index contributed by atoms with van der Waals surface area (Å²) in [6.45, 7) is 0. The normalized spacial score (nSPS) is 10.6. The van der Waals surface area contributed by atoms with E-state index in [-0.39, 0.29) is 16.5 Å². The second-order valence-corrected chi connectivity index (χ2v) is 6.21. The third-order valence-corrected chi connectivity index (χ3v) is 4.10. The van der Waals surface area contributed by atoms with Crippen molar-refractivity contribution >= 4 is 23.3 Å². The molecule has 1 aromatic carbocycles. The molecule has 0 fully saturated rings. The number of hydrogen-bond donors (Lipinski definition) is 1. The zero-order valence-corrected chi connectivity index (χ0v) is 14.6. The highest BCUT2D eigenvalue weighted by atomic mass is 35.5. The van der Waals surface area contributed by atoms with Crippen LogP contribution in [0.4, 0.5) is 10.2 Å². The Morgan fingerprint density at radius 3 is 2.62 bits per heavy atom. The minimum absolute atomic E-state index is 0.0802. The van der Waals surface area contributed by atoms with E-state index in [1.54, 1.807) is 31.4 Å². The fourth-order valence-corrected chi connectivity index (χ4v) is 2.61. The maximum Gasteiger partial charge on any atom is 0.258 e. The van der Waals surface area contributed by atoms with Crippen LogP contribution in [0.3, 0.4) is 0 Å². The first-order valence-electron chi connectivity index (χ1n) is 7.79. The van der Waals surface area contributed by atoms with Crippen molar-refractivity contribution in [1.29, 1.82) is 0 Å². The number of amides is 1. The molecule has 0 unspecified atom stereocenters. The Hall–Kier alpha value is -2.99. The molecule has 0 spiro atoms. The van der Waals surface area contributed by atoms with Gasteiger partial charge in [0.25, 0.3) is 5.91 Å². The van der Waals surface area contributed by atoms with Crippen LogP contribution in [-0.4, -0.2) is 15.5 Å². The lowest BCUT2D eigenvalue weighted by molar-refractivity contribution is 0.102. The first-order valence-corrected chi connectivity index (χ1v) is 8.17. The summed E-state index contributed by atoms with van der Waals surface area (Å²) in [5.41, 5.74) is 1.93. The topological polar surface area (TPSA) is 64.0 Å². The maximum atomic E-state index is 13.2. The van der Waals surface area contributed by atoms with Crippen LogP contribution in [0.15, 0.2) is 59.7 Å². The van der Waals surface area contributed by atoms with E-state index in [0.29, 0.717) is 17.8 Å². The molecule has 0 saturated heterocycles. The van der Waals surface area contributed by atoms with E-state index >= 15 is 0 Å². The third kappa shape index (κ3) is 4.15. The third-order valence-electron chi connectivity index (χ3n) is 3.81. The minimum atomic E-state index is -0.454. The Balaban J connectivity index is 1.68. The summed E-state index contributed by atoms with van der Waals surface area (Å²) in [7, 11) is 1.58. The minimum Gasteiger partial charge on any atom is -0.318 e. The lowest BCUT2D eigenvalue weighted by atomic mass is 10.1. The standard InChI is InChI=1S/C19H15ClFN3O2/c1-24-11-14(4-7-18(24)25)19(26)23-17-6-3-13(10-22-17)8-12-2-5-16(21)15(20)9-12/h2-7,9-11H,8H2,1H3,(H,22,23,26). The van der Waals surface area contributed by atoms with Crippen molar-refractivity contribution in [2.45, 2.75) is 6.42 Å². The zero-order chi connectivity index (χ0) is 18.7. The average molecular weight is 372 g/mol. The first-order chi connectivity index (χ1) is 12.4. The van der Waals surface area contributed by atoms with Gasteiger partial charge in [-0.05, 0) is 41.8 Å². The van der Waals surface area contributed by atoms with Gasteiger partial charge >= 0.3 is 0 Å². The summed E-state index contributed by atoms with van der Waals surface area (Å²) in [4.78, 5) is 27.8. The molecule has 7 heteroatoms. The number of carbonyl (C=O) groups excluding carboxylic acids is 1. The summed E-state index contributed by atoms with van der Waals surface area (Å²) < 4.78 is 14.5. The number of halogens is 2. The summed E-state index contributed by atoms with van der Waals surface area (Å²) >= 11 is 5.78. The zero-order valence-electron chi connectivity index (χ0n) is 13.9. The Labute approximate surface area is 154 Å². The number of hydrogen-bond acceptors (Lipinski definition) is 3. The van der Waals surface area contributed by atoms with E-state index in [2.05, 4.69) is 10.3 Å². The lowest BCUT2D eigenvalue weighted by Gasteiger charge is -2.07. The molecule has 3 rings (SSSR count). The van der Waals surface area contributed by atoms with E-state index in [4.69, 9.17) is 11.6 Å². The van der Waals surface area contributed by atoms with Crippen molar-refractivity contribution in [2.75, 3.05) is 5.32 Å². The number of rotatable bonds is 4. The molecule has 0 aliphatic heterocycles.